The number of anilines is 2. The molecule has 0 heterocycles. The minimum atomic E-state index is -0.530. The Balaban J connectivity index is 2.04. The normalized spacial score (nSPS) is 11.7. The molecule has 2 aromatic rings. The molecule has 0 aliphatic heterocycles. The van der Waals surface area contributed by atoms with Crippen molar-refractivity contribution in [1.82, 2.24) is 0 Å². The van der Waals surface area contributed by atoms with Crippen molar-refractivity contribution >= 4 is 17.3 Å². The molecular weight excluding hydrogens is 292 g/mol. The Morgan fingerprint density at radius 2 is 1.87 bits per heavy atom. The molecule has 0 aliphatic carbocycles. The molecule has 5 nitrogen and oxygen atoms in total. The number of carbonyl (C=O) groups excluding carboxylic acids is 1. The highest BCUT2D eigenvalue weighted by atomic mass is 16.5. The van der Waals surface area contributed by atoms with Crippen LogP contribution in [0.5, 0.6) is 0 Å². The van der Waals surface area contributed by atoms with Crippen LogP contribution in [0.15, 0.2) is 54.6 Å². The second-order valence-corrected chi connectivity index (χ2v) is 5.27. The van der Waals surface area contributed by atoms with Gasteiger partial charge in [-0.25, -0.2) is 0 Å². The van der Waals surface area contributed by atoms with Crippen molar-refractivity contribution in [3.8, 4) is 0 Å². The molecule has 1 atom stereocenters. The predicted octanol–water partition coefficient (Wildman–Crippen LogP) is 2.29. The van der Waals surface area contributed by atoms with E-state index >= 15 is 0 Å². The molecule has 0 spiro atoms. The van der Waals surface area contributed by atoms with Crippen LogP contribution < -0.4 is 10.6 Å². The first kappa shape index (κ1) is 17.0. The summed E-state index contributed by atoms with van der Waals surface area (Å²) in [6.45, 7) is 0.0418. The minimum Gasteiger partial charge on any atom is -0.387 e. The molecule has 0 radical (unpaired) electrons. The van der Waals surface area contributed by atoms with Crippen LogP contribution in [0, 0.1) is 0 Å². The summed E-state index contributed by atoms with van der Waals surface area (Å²) < 4.78 is 5.30. The van der Waals surface area contributed by atoms with Gasteiger partial charge in [-0.05, 0) is 30.2 Å². The number of ether oxygens (including phenoxy) is 1. The standard InChI is InChI=1S/C18H22N2O3/c1-23-13-17(10-14-6-3-2-4-7-14)19-15-8-5-9-16(11-15)20-18(22)12-21/h2-9,11,17,19,21H,10,12-13H2,1H3,(H,20,22). The lowest BCUT2D eigenvalue weighted by atomic mass is 10.1. The Morgan fingerprint density at radius 1 is 1.13 bits per heavy atom. The molecule has 0 aliphatic rings. The molecule has 1 amide bonds. The second-order valence-electron chi connectivity index (χ2n) is 5.27. The summed E-state index contributed by atoms with van der Waals surface area (Å²) in [5, 5.41) is 14.8. The number of benzene rings is 2. The van der Waals surface area contributed by atoms with Crippen LogP contribution in [0.2, 0.25) is 0 Å². The topological polar surface area (TPSA) is 70.6 Å². The maximum Gasteiger partial charge on any atom is 0.250 e. The fourth-order valence-corrected chi connectivity index (χ4v) is 2.37. The largest absolute Gasteiger partial charge is 0.387 e. The van der Waals surface area contributed by atoms with Gasteiger partial charge in [0.25, 0.3) is 0 Å². The van der Waals surface area contributed by atoms with Crippen molar-refractivity contribution in [2.45, 2.75) is 12.5 Å². The Kier molecular flexibility index (Phi) is 6.59. The van der Waals surface area contributed by atoms with Gasteiger partial charge >= 0.3 is 0 Å². The summed E-state index contributed by atoms with van der Waals surface area (Å²) in [6, 6.07) is 17.7. The number of hydrogen-bond acceptors (Lipinski definition) is 4. The molecule has 0 aromatic heterocycles. The SMILES string of the molecule is COCC(Cc1ccccc1)Nc1cccc(NC(=O)CO)c1. The van der Waals surface area contributed by atoms with E-state index in [4.69, 9.17) is 9.84 Å². The second kappa shape index (κ2) is 8.92. The highest BCUT2D eigenvalue weighted by molar-refractivity contribution is 5.91. The van der Waals surface area contributed by atoms with Crippen LogP contribution in [0.25, 0.3) is 0 Å². The maximum atomic E-state index is 11.3. The predicted molar refractivity (Wildman–Crippen MR) is 91.6 cm³/mol. The van der Waals surface area contributed by atoms with Gasteiger partial charge in [0.05, 0.1) is 12.6 Å². The zero-order chi connectivity index (χ0) is 16.5. The van der Waals surface area contributed by atoms with Crippen LogP contribution in [-0.4, -0.2) is 37.4 Å². The van der Waals surface area contributed by atoms with Crippen molar-refractivity contribution in [3.63, 3.8) is 0 Å². The number of amides is 1. The molecule has 2 rings (SSSR count). The van der Waals surface area contributed by atoms with E-state index in [1.165, 1.54) is 5.56 Å². The Hall–Kier alpha value is -2.37. The van der Waals surface area contributed by atoms with Gasteiger partial charge in [-0.3, -0.25) is 4.79 Å². The van der Waals surface area contributed by atoms with Crippen molar-refractivity contribution in [2.24, 2.45) is 0 Å². The molecular formula is C18H22N2O3. The number of aliphatic hydroxyl groups excluding tert-OH is 1. The number of aliphatic hydroxyl groups is 1. The first-order chi connectivity index (χ1) is 11.2. The molecule has 0 saturated heterocycles. The van der Waals surface area contributed by atoms with Crippen molar-refractivity contribution < 1.29 is 14.6 Å². The van der Waals surface area contributed by atoms with Gasteiger partial charge in [0.15, 0.2) is 0 Å². The summed E-state index contributed by atoms with van der Waals surface area (Å²) in [6.07, 6.45) is 0.835. The Bertz CT molecular complexity index is 617. The zero-order valence-corrected chi connectivity index (χ0v) is 13.2. The van der Waals surface area contributed by atoms with E-state index in [-0.39, 0.29) is 6.04 Å². The number of nitrogens with one attached hydrogen (secondary N) is 2. The molecule has 5 heteroatoms. The van der Waals surface area contributed by atoms with E-state index < -0.39 is 12.5 Å². The first-order valence-corrected chi connectivity index (χ1v) is 7.51. The first-order valence-electron chi connectivity index (χ1n) is 7.51. The fourth-order valence-electron chi connectivity index (χ4n) is 2.37. The van der Waals surface area contributed by atoms with Crippen LogP contribution in [0.4, 0.5) is 11.4 Å². The minimum absolute atomic E-state index is 0.117. The van der Waals surface area contributed by atoms with E-state index in [0.29, 0.717) is 12.3 Å². The highest BCUT2D eigenvalue weighted by Gasteiger charge is 2.10. The van der Waals surface area contributed by atoms with Gasteiger partial charge in [-0.1, -0.05) is 36.4 Å². The van der Waals surface area contributed by atoms with E-state index in [1.54, 1.807) is 13.2 Å². The van der Waals surface area contributed by atoms with Gasteiger partial charge in [0.1, 0.15) is 6.61 Å². The Labute approximate surface area is 136 Å². The van der Waals surface area contributed by atoms with Crippen molar-refractivity contribution in [1.29, 1.82) is 0 Å². The molecule has 0 fully saturated rings. The van der Waals surface area contributed by atoms with E-state index in [0.717, 1.165) is 12.1 Å². The van der Waals surface area contributed by atoms with E-state index in [1.807, 2.05) is 36.4 Å². The lowest BCUT2D eigenvalue weighted by Crippen LogP contribution is -2.27. The summed E-state index contributed by atoms with van der Waals surface area (Å²) in [5.74, 6) is -0.431. The van der Waals surface area contributed by atoms with E-state index in [2.05, 4.69) is 22.8 Å². The average molecular weight is 314 g/mol. The average Bonchev–Trinajstić information content (AvgIpc) is 2.56. The molecule has 122 valence electrons. The summed E-state index contributed by atoms with van der Waals surface area (Å²) in [4.78, 5) is 11.3. The molecule has 0 bridgehead atoms. The molecule has 3 N–H and O–H groups in total. The molecule has 23 heavy (non-hydrogen) atoms. The van der Waals surface area contributed by atoms with Crippen LogP contribution in [-0.2, 0) is 16.0 Å². The van der Waals surface area contributed by atoms with Gasteiger partial charge < -0.3 is 20.5 Å². The monoisotopic (exact) mass is 314 g/mol. The molecule has 2 aromatic carbocycles. The van der Waals surface area contributed by atoms with Gasteiger partial charge in [-0.2, -0.15) is 0 Å². The van der Waals surface area contributed by atoms with Crippen molar-refractivity contribution in [2.75, 3.05) is 31.0 Å². The van der Waals surface area contributed by atoms with Crippen LogP contribution >= 0.6 is 0 Å². The molecule has 0 saturated carbocycles. The third-order valence-corrected chi connectivity index (χ3v) is 3.35. The third-order valence-electron chi connectivity index (χ3n) is 3.35. The van der Waals surface area contributed by atoms with Crippen LogP contribution in [0.1, 0.15) is 5.56 Å². The number of methoxy groups -OCH3 is 1. The fraction of sp³-hybridized carbons (Fsp3) is 0.278. The zero-order valence-electron chi connectivity index (χ0n) is 13.2. The van der Waals surface area contributed by atoms with E-state index in [9.17, 15) is 4.79 Å². The van der Waals surface area contributed by atoms with Gasteiger partial charge in [0, 0.05) is 18.5 Å². The maximum absolute atomic E-state index is 11.3. The summed E-state index contributed by atoms with van der Waals surface area (Å²) in [5.41, 5.74) is 2.76. The number of hydrogen-bond donors (Lipinski definition) is 3. The third kappa shape index (κ3) is 5.73. The number of rotatable bonds is 8. The Morgan fingerprint density at radius 3 is 2.57 bits per heavy atom. The van der Waals surface area contributed by atoms with Crippen molar-refractivity contribution in [3.05, 3.63) is 60.2 Å². The molecule has 1 unspecified atom stereocenters. The van der Waals surface area contributed by atoms with Gasteiger partial charge in [-0.15, -0.1) is 0 Å². The summed E-state index contributed by atoms with van der Waals surface area (Å²) in [7, 11) is 1.68. The lowest BCUT2D eigenvalue weighted by Gasteiger charge is -2.20. The smallest absolute Gasteiger partial charge is 0.250 e. The number of carbonyl (C=O) groups is 1. The van der Waals surface area contributed by atoms with Crippen LogP contribution in [0.3, 0.4) is 0 Å². The highest BCUT2D eigenvalue weighted by Crippen LogP contribution is 2.17. The quantitative estimate of drug-likeness (QED) is 0.699. The lowest BCUT2D eigenvalue weighted by molar-refractivity contribution is -0.118. The summed E-state index contributed by atoms with van der Waals surface area (Å²) >= 11 is 0. The van der Waals surface area contributed by atoms with Gasteiger partial charge in [0.2, 0.25) is 5.91 Å².